The first-order valence-electron chi connectivity index (χ1n) is 9.11. The fourth-order valence-electron chi connectivity index (χ4n) is 3.34. The molecule has 0 spiro atoms. The van der Waals surface area contributed by atoms with E-state index in [2.05, 4.69) is 20.4 Å². The topological polar surface area (TPSA) is 95.3 Å². The van der Waals surface area contributed by atoms with Crippen LogP contribution in [0.25, 0.3) is 16.7 Å². The van der Waals surface area contributed by atoms with Crippen molar-refractivity contribution in [3.63, 3.8) is 0 Å². The van der Waals surface area contributed by atoms with Crippen molar-refractivity contribution in [3.05, 3.63) is 74.8 Å². The highest BCUT2D eigenvalue weighted by Gasteiger charge is 2.30. The van der Waals surface area contributed by atoms with Gasteiger partial charge in [-0.25, -0.2) is 4.98 Å². The molecule has 4 aromatic rings. The summed E-state index contributed by atoms with van der Waals surface area (Å²) in [6.07, 6.45) is -4.34. The number of fused-ring (bicyclic) bond motifs is 3. The number of aromatic amines is 1. The Balaban J connectivity index is 1.61. The summed E-state index contributed by atoms with van der Waals surface area (Å²) in [5.41, 5.74) is 1.76. The zero-order chi connectivity index (χ0) is 21.6. The lowest BCUT2D eigenvalue weighted by atomic mass is 10.1. The number of halogens is 3. The number of alkyl halides is 3. The highest BCUT2D eigenvalue weighted by Crippen LogP contribution is 2.29. The van der Waals surface area contributed by atoms with Crippen molar-refractivity contribution >= 4 is 16.7 Å². The molecule has 0 amide bonds. The van der Waals surface area contributed by atoms with Crippen LogP contribution in [0.2, 0.25) is 0 Å². The van der Waals surface area contributed by atoms with E-state index in [1.54, 1.807) is 13.0 Å². The zero-order valence-corrected chi connectivity index (χ0v) is 16.1. The third-order valence-corrected chi connectivity index (χ3v) is 4.83. The van der Waals surface area contributed by atoms with Gasteiger partial charge in [-0.1, -0.05) is 12.1 Å². The maximum Gasteiger partial charge on any atom is 0.416 e. The van der Waals surface area contributed by atoms with Gasteiger partial charge in [-0.2, -0.15) is 22.8 Å². The van der Waals surface area contributed by atoms with Crippen LogP contribution in [0.1, 0.15) is 34.3 Å². The molecule has 3 aromatic heterocycles. The number of aryl methyl sites for hydroxylation is 2. The second kappa shape index (κ2) is 7.22. The maximum atomic E-state index is 13.0. The molecule has 3 N–H and O–H groups in total. The van der Waals surface area contributed by atoms with E-state index in [1.165, 1.54) is 22.8 Å². The molecule has 0 aliphatic carbocycles. The van der Waals surface area contributed by atoms with Crippen molar-refractivity contribution < 1.29 is 18.3 Å². The third kappa shape index (κ3) is 3.55. The maximum absolute atomic E-state index is 13.0. The second-order valence-electron chi connectivity index (χ2n) is 7.03. The van der Waals surface area contributed by atoms with E-state index < -0.39 is 23.4 Å². The van der Waals surface area contributed by atoms with Gasteiger partial charge in [0, 0.05) is 18.8 Å². The number of hydrogen-bond donors (Lipinski definition) is 3. The molecule has 0 saturated carbocycles. The second-order valence-corrected chi connectivity index (χ2v) is 7.03. The first kappa shape index (κ1) is 20.0. The molecular formula is C20H18F3N5O2. The van der Waals surface area contributed by atoms with Gasteiger partial charge >= 0.3 is 6.18 Å². The van der Waals surface area contributed by atoms with Crippen LogP contribution in [0.3, 0.4) is 0 Å². The lowest BCUT2D eigenvalue weighted by Gasteiger charge is -2.14. The van der Waals surface area contributed by atoms with Crippen LogP contribution < -0.4 is 10.7 Å². The minimum absolute atomic E-state index is 0.0718. The minimum Gasteiger partial charge on any atom is -0.374 e. The van der Waals surface area contributed by atoms with Gasteiger partial charge in [-0.15, -0.1) is 0 Å². The first-order valence-corrected chi connectivity index (χ1v) is 9.11. The molecule has 0 radical (unpaired) electrons. The number of aromatic nitrogens is 4. The van der Waals surface area contributed by atoms with E-state index in [0.29, 0.717) is 27.9 Å². The minimum atomic E-state index is -4.41. The summed E-state index contributed by atoms with van der Waals surface area (Å²) in [6.45, 7) is 3.59. The number of hydrogen-bond acceptors (Lipinski definition) is 5. The predicted octanol–water partition coefficient (Wildman–Crippen LogP) is 2.99. The van der Waals surface area contributed by atoms with Crippen molar-refractivity contribution in [3.8, 4) is 0 Å². The average Bonchev–Trinajstić information content (AvgIpc) is 3.06. The van der Waals surface area contributed by atoms with Crippen molar-refractivity contribution in [2.45, 2.75) is 32.8 Å². The normalized spacial score (nSPS) is 13.3. The molecule has 0 fully saturated rings. The molecule has 10 heteroatoms. The molecule has 0 saturated heterocycles. The quantitative estimate of drug-likeness (QED) is 0.444. The summed E-state index contributed by atoms with van der Waals surface area (Å²) in [5, 5.41) is 17.8. The lowest BCUT2D eigenvalue weighted by Crippen LogP contribution is -2.27. The van der Waals surface area contributed by atoms with Gasteiger partial charge in [0.2, 0.25) is 0 Å². The fourth-order valence-corrected chi connectivity index (χ4v) is 3.34. The molecule has 1 unspecified atom stereocenters. The summed E-state index contributed by atoms with van der Waals surface area (Å²) < 4.78 is 39.5. The molecule has 7 nitrogen and oxygen atoms in total. The van der Waals surface area contributed by atoms with Gasteiger partial charge in [0.15, 0.2) is 11.1 Å². The summed E-state index contributed by atoms with van der Waals surface area (Å²) in [7, 11) is 0. The number of rotatable bonds is 4. The average molecular weight is 417 g/mol. The molecule has 30 heavy (non-hydrogen) atoms. The van der Waals surface area contributed by atoms with Gasteiger partial charge in [-0.3, -0.25) is 10.1 Å². The van der Waals surface area contributed by atoms with Crippen LogP contribution in [0.15, 0.2) is 41.3 Å². The number of nitrogens with one attached hydrogen (secondary N) is 2. The molecule has 0 aliphatic heterocycles. The number of aliphatic hydroxyl groups is 1. The highest BCUT2D eigenvalue weighted by atomic mass is 19.4. The molecule has 1 aromatic carbocycles. The van der Waals surface area contributed by atoms with Gasteiger partial charge in [0.1, 0.15) is 11.9 Å². The van der Waals surface area contributed by atoms with E-state index >= 15 is 0 Å². The van der Waals surface area contributed by atoms with Crippen molar-refractivity contribution in [2.24, 2.45) is 0 Å². The van der Waals surface area contributed by atoms with Crippen LogP contribution in [-0.4, -0.2) is 24.7 Å². The molecule has 4 rings (SSSR count). The van der Waals surface area contributed by atoms with Crippen molar-refractivity contribution in [1.82, 2.24) is 24.9 Å². The monoisotopic (exact) mass is 417 g/mol. The Morgan fingerprint density at radius 2 is 1.93 bits per heavy atom. The molecule has 0 aliphatic rings. The fraction of sp³-hybridized carbons (Fsp3) is 0.250. The number of nitrogens with zero attached hydrogens (tertiary/aromatic N) is 3. The van der Waals surface area contributed by atoms with Gasteiger partial charge < -0.3 is 10.1 Å². The predicted molar refractivity (Wildman–Crippen MR) is 104 cm³/mol. The van der Waals surface area contributed by atoms with Gasteiger partial charge in [0.05, 0.1) is 27.9 Å². The first-order chi connectivity index (χ1) is 14.1. The van der Waals surface area contributed by atoms with Crippen LogP contribution in [-0.2, 0) is 12.7 Å². The van der Waals surface area contributed by atoms with E-state index in [1.807, 2.05) is 6.92 Å². The summed E-state index contributed by atoms with van der Waals surface area (Å²) in [6, 6.07) is 6.37. The van der Waals surface area contributed by atoms with Crippen LogP contribution in [0.5, 0.6) is 0 Å². The van der Waals surface area contributed by atoms with E-state index in [4.69, 9.17) is 0 Å². The summed E-state index contributed by atoms with van der Waals surface area (Å²) >= 11 is 0. The number of pyridine rings is 1. The Morgan fingerprint density at radius 3 is 2.60 bits per heavy atom. The SMILES string of the molecule is Cc1cc2nc(C)c3c(=O)c(C(O)NCc4ccc(C(F)(F)F)cc4)c[nH]c3n2n1. The summed E-state index contributed by atoms with van der Waals surface area (Å²) in [4.78, 5) is 20.4. The van der Waals surface area contributed by atoms with E-state index in [0.717, 1.165) is 17.8 Å². The van der Waals surface area contributed by atoms with Gasteiger partial charge in [-0.05, 0) is 31.5 Å². The molecular weight excluding hydrogens is 399 g/mol. The molecule has 156 valence electrons. The number of H-pyrrole nitrogens is 1. The molecule has 0 bridgehead atoms. The number of aliphatic hydroxyl groups excluding tert-OH is 1. The standard InChI is InChI=1S/C20H18F3N5O2/c1-10-7-15-26-11(2)16-17(29)14(9-24-18(16)28(15)27-10)19(30)25-8-12-3-5-13(6-4-12)20(21,22)23/h3-7,9,19,25,30H,8H2,1-2H3,(H,24,29). The Morgan fingerprint density at radius 1 is 1.23 bits per heavy atom. The van der Waals surface area contributed by atoms with Crippen molar-refractivity contribution in [2.75, 3.05) is 0 Å². The Hall–Kier alpha value is -3.24. The van der Waals surface area contributed by atoms with E-state index in [-0.39, 0.29) is 12.1 Å². The van der Waals surface area contributed by atoms with Crippen molar-refractivity contribution in [1.29, 1.82) is 0 Å². The smallest absolute Gasteiger partial charge is 0.374 e. The highest BCUT2D eigenvalue weighted by molar-refractivity contribution is 5.80. The van der Waals surface area contributed by atoms with Crippen LogP contribution in [0, 0.1) is 13.8 Å². The number of benzene rings is 1. The zero-order valence-electron chi connectivity index (χ0n) is 16.1. The largest absolute Gasteiger partial charge is 0.416 e. The van der Waals surface area contributed by atoms with Gasteiger partial charge in [0.25, 0.3) is 0 Å². The lowest BCUT2D eigenvalue weighted by molar-refractivity contribution is -0.137. The summed E-state index contributed by atoms with van der Waals surface area (Å²) in [5.74, 6) is 0. The van der Waals surface area contributed by atoms with Crippen LogP contribution in [0.4, 0.5) is 13.2 Å². The third-order valence-electron chi connectivity index (χ3n) is 4.83. The van der Waals surface area contributed by atoms with E-state index in [9.17, 15) is 23.1 Å². The Bertz CT molecular complexity index is 1290. The van der Waals surface area contributed by atoms with Crippen LogP contribution >= 0.6 is 0 Å². The molecule has 3 heterocycles. The molecule has 1 atom stereocenters. The Labute approximate surface area is 168 Å². The Kier molecular flexibility index (Phi) is 4.83.